The third-order valence-corrected chi connectivity index (χ3v) is 3.49. The molecule has 0 spiro atoms. The van der Waals surface area contributed by atoms with Gasteiger partial charge in [-0.05, 0) is 41.4 Å². The Hall–Kier alpha value is -0.940. The Morgan fingerprint density at radius 2 is 2.47 bits per heavy atom. The largest absolute Gasteiger partial charge is 0.378 e. The fraction of sp³-hybridized carbons (Fsp3) is 0.500. The van der Waals surface area contributed by atoms with Crippen molar-refractivity contribution >= 4 is 21.8 Å². The van der Waals surface area contributed by atoms with E-state index in [-0.39, 0.29) is 12.0 Å². The summed E-state index contributed by atoms with van der Waals surface area (Å²) in [6, 6.07) is 3.51. The first-order chi connectivity index (χ1) is 8.16. The van der Waals surface area contributed by atoms with Crippen LogP contribution in [0.5, 0.6) is 0 Å². The van der Waals surface area contributed by atoms with Crippen LogP contribution in [0.1, 0.15) is 23.8 Å². The van der Waals surface area contributed by atoms with Crippen molar-refractivity contribution in [2.45, 2.75) is 19.4 Å². The summed E-state index contributed by atoms with van der Waals surface area (Å²) in [5, 5.41) is 2.89. The first kappa shape index (κ1) is 12.5. The van der Waals surface area contributed by atoms with E-state index in [0.717, 1.165) is 17.5 Å². The molecule has 0 aromatic carbocycles. The lowest BCUT2D eigenvalue weighted by atomic mass is 10.0. The van der Waals surface area contributed by atoms with Gasteiger partial charge < -0.3 is 10.1 Å². The van der Waals surface area contributed by atoms with Crippen LogP contribution in [0.3, 0.4) is 0 Å². The van der Waals surface area contributed by atoms with Crippen LogP contribution >= 0.6 is 15.9 Å². The highest BCUT2D eigenvalue weighted by Crippen LogP contribution is 2.19. The Bertz CT molecular complexity index is 394. The van der Waals surface area contributed by atoms with Crippen molar-refractivity contribution in [1.82, 2.24) is 10.3 Å². The average molecular weight is 299 g/mol. The summed E-state index contributed by atoms with van der Waals surface area (Å²) in [7, 11) is 0. The number of carbonyl (C=O) groups excluding carboxylic acids is 1. The van der Waals surface area contributed by atoms with E-state index in [4.69, 9.17) is 4.74 Å². The molecule has 17 heavy (non-hydrogen) atoms. The number of hydrogen-bond donors (Lipinski definition) is 1. The van der Waals surface area contributed by atoms with Crippen LogP contribution in [-0.4, -0.2) is 30.1 Å². The first-order valence-electron chi connectivity index (χ1n) is 5.68. The van der Waals surface area contributed by atoms with Gasteiger partial charge in [0.2, 0.25) is 0 Å². The van der Waals surface area contributed by atoms with Crippen molar-refractivity contribution in [3.8, 4) is 0 Å². The molecule has 2 rings (SSSR count). The molecule has 5 heteroatoms. The standard InChI is InChI=1S/C12H15BrN2O2/c1-8-9(4-5-17-8)6-15-12(16)11-3-2-10(13)7-14-11/h2-3,7-9H,4-6H2,1H3,(H,15,16). The molecular weight excluding hydrogens is 284 g/mol. The zero-order valence-electron chi connectivity index (χ0n) is 9.65. The number of aromatic nitrogens is 1. The second-order valence-corrected chi connectivity index (χ2v) is 5.11. The molecule has 0 saturated carbocycles. The van der Waals surface area contributed by atoms with Gasteiger partial charge in [0.15, 0.2) is 0 Å². The normalized spacial score (nSPS) is 23.6. The Morgan fingerprint density at radius 3 is 3.06 bits per heavy atom. The number of amides is 1. The summed E-state index contributed by atoms with van der Waals surface area (Å²) in [5.41, 5.74) is 0.444. The number of pyridine rings is 1. The lowest BCUT2D eigenvalue weighted by Crippen LogP contribution is -2.32. The van der Waals surface area contributed by atoms with Crippen LogP contribution < -0.4 is 5.32 Å². The molecule has 1 aromatic rings. The molecule has 0 bridgehead atoms. The molecule has 2 heterocycles. The van der Waals surface area contributed by atoms with Gasteiger partial charge in [0.05, 0.1) is 6.10 Å². The van der Waals surface area contributed by atoms with E-state index in [0.29, 0.717) is 18.2 Å². The number of ether oxygens (including phenoxy) is 1. The second kappa shape index (κ2) is 5.60. The molecule has 2 unspecified atom stereocenters. The van der Waals surface area contributed by atoms with Crippen LogP contribution in [-0.2, 0) is 4.74 Å². The minimum absolute atomic E-state index is 0.128. The zero-order valence-corrected chi connectivity index (χ0v) is 11.2. The molecule has 2 atom stereocenters. The van der Waals surface area contributed by atoms with Crippen molar-refractivity contribution in [2.24, 2.45) is 5.92 Å². The number of nitrogens with zero attached hydrogens (tertiary/aromatic N) is 1. The van der Waals surface area contributed by atoms with Gasteiger partial charge in [0.25, 0.3) is 5.91 Å². The molecule has 1 aliphatic heterocycles. The summed E-state index contributed by atoms with van der Waals surface area (Å²) >= 11 is 3.28. The Morgan fingerprint density at radius 1 is 1.65 bits per heavy atom. The van der Waals surface area contributed by atoms with Crippen molar-refractivity contribution in [2.75, 3.05) is 13.2 Å². The van der Waals surface area contributed by atoms with Crippen LogP contribution in [0.15, 0.2) is 22.8 Å². The zero-order chi connectivity index (χ0) is 12.3. The van der Waals surface area contributed by atoms with Crippen molar-refractivity contribution in [1.29, 1.82) is 0 Å². The van der Waals surface area contributed by atoms with Crippen molar-refractivity contribution in [3.63, 3.8) is 0 Å². The highest BCUT2D eigenvalue weighted by molar-refractivity contribution is 9.10. The van der Waals surface area contributed by atoms with E-state index in [1.165, 1.54) is 0 Å². The molecule has 1 amide bonds. The van der Waals surface area contributed by atoms with E-state index in [1.807, 2.05) is 13.0 Å². The molecule has 1 N–H and O–H groups in total. The topological polar surface area (TPSA) is 51.2 Å². The molecule has 92 valence electrons. The second-order valence-electron chi connectivity index (χ2n) is 4.20. The Balaban J connectivity index is 1.87. The van der Waals surface area contributed by atoms with E-state index in [1.54, 1.807) is 12.3 Å². The lowest BCUT2D eigenvalue weighted by Gasteiger charge is -2.14. The van der Waals surface area contributed by atoms with Gasteiger partial charge in [-0.1, -0.05) is 0 Å². The maximum absolute atomic E-state index is 11.8. The van der Waals surface area contributed by atoms with Crippen molar-refractivity contribution in [3.05, 3.63) is 28.5 Å². The number of nitrogens with one attached hydrogen (secondary N) is 1. The monoisotopic (exact) mass is 298 g/mol. The number of halogens is 1. The number of rotatable bonds is 3. The summed E-state index contributed by atoms with van der Waals surface area (Å²) in [6.07, 6.45) is 2.86. The highest BCUT2D eigenvalue weighted by atomic mass is 79.9. The van der Waals surface area contributed by atoms with Gasteiger partial charge in [-0.2, -0.15) is 0 Å². The predicted molar refractivity (Wildman–Crippen MR) is 67.8 cm³/mol. The predicted octanol–water partition coefficient (Wildman–Crippen LogP) is 2.00. The number of carbonyl (C=O) groups is 1. The quantitative estimate of drug-likeness (QED) is 0.928. The van der Waals surface area contributed by atoms with Gasteiger partial charge in [-0.15, -0.1) is 0 Å². The third-order valence-electron chi connectivity index (χ3n) is 3.02. The van der Waals surface area contributed by atoms with Gasteiger partial charge in [0, 0.05) is 29.7 Å². The van der Waals surface area contributed by atoms with E-state index in [2.05, 4.69) is 26.2 Å². The molecular formula is C12H15BrN2O2. The number of hydrogen-bond acceptors (Lipinski definition) is 3. The Labute approximate surface area is 109 Å². The maximum Gasteiger partial charge on any atom is 0.269 e. The average Bonchev–Trinajstić information content (AvgIpc) is 2.73. The van der Waals surface area contributed by atoms with E-state index >= 15 is 0 Å². The summed E-state index contributed by atoms with van der Waals surface area (Å²) in [6.45, 7) is 3.48. The SMILES string of the molecule is CC1OCCC1CNC(=O)c1ccc(Br)cn1. The first-order valence-corrected chi connectivity index (χ1v) is 6.47. The van der Waals surface area contributed by atoms with Crippen LogP contribution in [0, 0.1) is 5.92 Å². The fourth-order valence-electron chi connectivity index (χ4n) is 1.87. The van der Waals surface area contributed by atoms with Gasteiger partial charge in [-0.3, -0.25) is 4.79 Å². The van der Waals surface area contributed by atoms with Crippen LogP contribution in [0.2, 0.25) is 0 Å². The van der Waals surface area contributed by atoms with Crippen LogP contribution in [0.4, 0.5) is 0 Å². The Kier molecular flexibility index (Phi) is 4.12. The van der Waals surface area contributed by atoms with Crippen molar-refractivity contribution < 1.29 is 9.53 Å². The minimum atomic E-state index is -0.128. The molecule has 0 aliphatic carbocycles. The van der Waals surface area contributed by atoms with Gasteiger partial charge in [0.1, 0.15) is 5.69 Å². The summed E-state index contributed by atoms with van der Waals surface area (Å²) in [4.78, 5) is 15.8. The molecule has 1 aliphatic rings. The van der Waals surface area contributed by atoms with Gasteiger partial charge in [-0.25, -0.2) is 4.98 Å². The lowest BCUT2D eigenvalue weighted by molar-refractivity contribution is 0.0903. The highest BCUT2D eigenvalue weighted by Gasteiger charge is 2.24. The van der Waals surface area contributed by atoms with Gasteiger partial charge >= 0.3 is 0 Å². The molecule has 1 saturated heterocycles. The summed E-state index contributed by atoms with van der Waals surface area (Å²) < 4.78 is 6.31. The smallest absolute Gasteiger partial charge is 0.269 e. The van der Waals surface area contributed by atoms with Crippen LogP contribution in [0.25, 0.3) is 0 Å². The fourth-order valence-corrected chi connectivity index (χ4v) is 2.10. The minimum Gasteiger partial charge on any atom is -0.378 e. The molecule has 1 fully saturated rings. The van der Waals surface area contributed by atoms with E-state index < -0.39 is 0 Å². The molecule has 4 nitrogen and oxygen atoms in total. The maximum atomic E-state index is 11.8. The molecule has 1 aromatic heterocycles. The third kappa shape index (κ3) is 3.26. The summed E-state index contributed by atoms with van der Waals surface area (Å²) in [5.74, 6) is 0.283. The van der Waals surface area contributed by atoms with E-state index in [9.17, 15) is 4.79 Å². The molecule has 0 radical (unpaired) electrons.